The Morgan fingerprint density at radius 2 is 2.16 bits per heavy atom. The minimum absolute atomic E-state index is 0.0353. The highest BCUT2D eigenvalue weighted by atomic mass is 16.5. The van der Waals surface area contributed by atoms with Gasteiger partial charge in [0.15, 0.2) is 11.5 Å². The van der Waals surface area contributed by atoms with Crippen molar-refractivity contribution in [3.8, 4) is 11.5 Å². The molecule has 1 aromatic carbocycles. The highest BCUT2D eigenvalue weighted by Crippen LogP contribution is 2.27. The number of carbonyl (C=O) groups is 2. The molecule has 2 rings (SSSR count). The summed E-state index contributed by atoms with van der Waals surface area (Å²) in [6.45, 7) is 3.09. The Balaban J connectivity index is 1.90. The molecule has 0 aliphatic carbocycles. The Bertz CT molecular complexity index is 631. The molecular formula is C18H25N3O4. The summed E-state index contributed by atoms with van der Waals surface area (Å²) in [4.78, 5) is 25.4. The summed E-state index contributed by atoms with van der Waals surface area (Å²) in [5, 5.41) is 3.95. The smallest absolute Gasteiger partial charge is 0.259 e. The van der Waals surface area contributed by atoms with Crippen LogP contribution in [0.25, 0.3) is 0 Å². The number of nitrogens with zero attached hydrogens (tertiary/aromatic N) is 2. The molecule has 2 amide bonds. The van der Waals surface area contributed by atoms with Crippen molar-refractivity contribution in [1.82, 2.24) is 10.3 Å². The molecular weight excluding hydrogens is 322 g/mol. The molecule has 0 radical (unpaired) electrons. The number of ether oxygens (including phenoxy) is 2. The summed E-state index contributed by atoms with van der Waals surface area (Å²) >= 11 is 0. The molecule has 0 saturated carbocycles. The van der Waals surface area contributed by atoms with Gasteiger partial charge in [0.1, 0.15) is 6.54 Å². The average Bonchev–Trinajstić information content (AvgIpc) is 2.80. The van der Waals surface area contributed by atoms with E-state index in [1.165, 1.54) is 6.21 Å². The van der Waals surface area contributed by atoms with Crippen LogP contribution in [0, 0.1) is 0 Å². The Hall–Kier alpha value is -2.57. The molecule has 1 aliphatic rings. The van der Waals surface area contributed by atoms with Crippen molar-refractivity contribution in [2.75, 3.05) is 26.8 Å². The first-order valence-corrected chi connectivity index (χ1v) is 8.54. The number of hydrogen-bond acceptors (Lipinski definition) is 5. The molecule has 7 nitrogen and oxygen atoms in total. The first kappa shape index (κ1) is 18.8. The highest BCUT2D eigenvalue weighted by Gasteiger charge is 2.18. The first-order chi connectivity index (χ1) is 12.1. The Labute approximate surface area is 148 Å². The van der Waals surface area contributed by atoms with Crippen LogP contribution in [0.5, 0.6) is 11.5 Å². The van der Waals surface area contributed by atoms with Crippen LogP contribution in [0.3, 0.4) is 0 Å². The van der Waals surface area contributed by atoms with Crippen molar-refractivity contribution in [2.24, 2.45) is 5.10 Å². The fraction of sp³-hybridized carbons (Fsp3) is 0.500. The number of amides is 2. The lowest BCUT2D eigenvalue weighted by molar-refractivity contribution is -0.135. The van der Waals surface area contributed by atoms with Gasteiger partial charge in [0, 0.05) is 13.0 Å². The summed E-state index contributed by atoms with van der Waals surface area (Å²) in [5.74, 6) is 0.997. The van der Waals surface area contributed by atoms with Gasteiger partial charge in [-0.05, 0) is 43.5 Å². The van der Waals surface area contributed by atoms with Crippen LogP contribution < -0.4 is 14.9 Å². The number of carbonyl (C=O) groups excluding carboxylic acids is 2. The molecule has 25 heavy (non-hydrogen) atoms. The summed E-state index contributed by atoms with van der Waals surface area (Å²) < 4.78 is 10.7. The van der Waals surface area contributed by atoms with Crippen molar-refractivity contribution in [3.63, 3.8) is 0 Å². The summed E-state index contributed by atoms with van der Waals surface area (Å²) in [5.41, 5.74) is 3.24. The van der Waals surface area contributed by atoms with Crippen LogP contribution in [-0.4, -0.2) is 49.7 Å². The van der Waals surface area contributed by atoms with Crippen LogP contribution >= 0.6 is 0 Å². The lowest BCUT2D eigenvalue weighted by Crippen LogP contribution is -2.39. The van der Waals surface area contributed by atoms with E-state index < -0.39 is 0 Å². The number of benzene rings is 1. The van der Waals surface area contributed by atoms with E-state index in [0.29, 0.717) is 31.1 Å². The number of nitrogens with one attached hydrogen (secondary N) is 1. The lowest BCUT2D eigenvalue weighted by atomic mass is 10.2. The fourth-order valence-electron chi connectivity index (χ4n) is 2.64. The van der Waals surface area contributed by atoms with Gasteiger partial charge in [0.25, 0.3) is 5.91 Å². The van der Waals surface area contributed by atoms with E-state index >= 15 is 0 Å². The van der Waals surface area contributed by atoms with Gasteiger partial charge in [-0.1, -0.05) is 6.42 Å². The van der Waals surface area contributed by atoms with E-state index in [2.05, 4.69) is 10.5 Å². The molecule has 1 heterocycles. The van der Waals surface area contributed by atoms with Crippen molar-refractivity contribution in [3.05, 3.63) is 23.8 Å². The third-order valence-corrected chi connectivity index (χ3v) is 3.90. The topological polar surface area (TPSA) is 80.2 Å². The van der Waals surface area contributed by atoms with Gasteiger partial charge in [-0.15, -0.1) is 0 Å². The van der Waals surface area contributed by atoms with Crippen molar-refractivity contribution in [2.45, 2.75) is 32.6 Å². The molecule has 0 unspecified atom stereocenters. The second-order valence-electron chi connectivity index (χ2n) is 5.76. The molecule has 1 aliphatic heterocycles. The zero-order valence-corrected chi connectivity index (χ0v) is 14.8. The second kappa shape index (κ2) is 9.66. The number of hydrazone groups is 1. The monoisotopic (exact) mass is 347 g/mol. The Morgan fingerprint density at radius 1 is 1.32 bits per heavy atom. The van der Waals surface area contributed by atoms with Gasteiger partial charge in [-0.2, -0.15) is 5.10 Å². The van der Waals surface area contributed by atoms with Crippen molar-refractivity contribution >= 4 is 18.0 Å². The first-order valence-electron chi connectivity index (χ1n) is 8.54. The third kappa shape index (κ3) is 5.77. The van der Waals surface area contributed by atoms with Gasteiger partial charge in [-0.25, -0.2) is 5.43 Å². The molecule has 1 N–H and O–H groups in total. The molecule has 0 bridgehead atoms. The van der Waals surface area contributed by atoms with Gasteiger partial charge < -0.3 is 14.4 Å². The van der Waals surface area contributed by atoms with E-state index in [1.54, 1.807) is 24.1 Å². The Kier molecular flexibility index (Phi) is 7.25. The van der Waals surface area contributed by atoms with Crippen LogP contribution in [-0.2, 0) is 9.59 Å². The van der Waals surface area contributed by atoms with E-state index in [1.807, 2.05) is 13.0 Å². The molecule has 136 valence electrons. The van der Waals surface area contributed by atoms with Crippen LogP contribution in [0.1, 0.15) is 38.2 Å². The molecule has 0 aromatic heterocycles. The van der Waals surface area contributed by atoms with Crippen molar-refractivity contribution < 1.29 is 19.1 Å². The standard InChI is InChI=1S/C18H25N3O4/c1-3-25-16-11-14(8-9-15(16)24-2)12-19-20-17(22)13-21-10-6-4-5-7-18(21)23/h8-9,11-12H,3-7,10,13H2,1-2H3,(H,20,22)/b19-12-. The summed E-state index contributed by atoms with van der Waals surface area (Å²) in [6, 6.07) is 5.38. The molecule has 1 aromatic rings. The van der Waals surface area contributed by atoms with Crippen LogP contribution in [0.4, 0.5) is 0 Å². The van der Waals surface area contributed by atoms with Gasteiger partial charge in [0.2, 0.25) is 5.91 Å². The fourth-order valence-corrected chi connectivity index (χ4v) is 2.64. The minimum atomic E-state index is -0.301. The number of likely N-dealkylation sites (tertiary alicyclic amines) is 1. The van der Waals surface area contributed by atoms with Crippen molar-refractivity contribution in [1.29, 1.82) is 0 Å². The molecule has 1 fully saturated rings. The quantitative estimate of drug-likeness (QED) is 0.604. The number of rotatable bonds is 7. The maximum absolute atomic E-state index is 12.0. The molecule has 1 saturated heterocycles. The van der Waals surface area contributed by atoms with Gasteiger partial charge in [0.05, 0.1) is 19.9 Å². The van der Waals surface area contributed by atoms with Gasteiger partial charge in [-0.3, -0.25) is 9.59 Å². The predicted octanol–water partition coefficient (Wildman–Crippen LogP) is 1.95. The highest BCUT2D eigenvalue weighted by molar-refractivity contribution is 5.86. The zero-order valence-electron chi connectivity index (χ0n) is 14.8. The summed E-state index contributed by atoms with van der Waals surface area (Å²) in [7, 11) is 1.58. The average molecular weight is 347 g/mol. The van der Waals surface area contributed by atoms with E-state index in [0.717, 1.165) is 24.8 Å². The molecule has 0 spiro atoms. The van der Waals surface area contributed by atoms with Crippen LogP contribution in [0.2, 0.25) is 0 Å². The predicted molar refractivity (Wildman–Crippen MR) is 94.9 cm³/mol. The van der Waals surface area contributed by atoms with E-state index in [9.17, 15) is 9.59 Å². The maximum atomic E-state index is 12.0. The normalized spacial score (nSPS) is 15.1. The van der Waals surface area contributed by atoms with E-state index in [-0.39, 0.29) is 18.4 Å². The SMILES string of the molecule is CCOc1cc(/C=N\NC(=O)CN2CCCCCC2=O)ccc1OC. The Morgan fingerprint density at radius 3 is 2.92 bits per heavy atom. The number of methoxy groups -OCH3 is 1. The second-order valence-corrected chi connectivity index (χ2v) is 5.76. The number of hydrogen-bond donors (Lipinski definition) is 1. The third-order valence-electron chi connectivity index (χ3n) is 3.90. The van der Waals surface area contributed by atoms with Crippen LogP contribution in [0.15, 0.2) is 23.3 Å². The molecule has 7 heteroatoms. The maximum Gasteiger partial charge on any atom is 0.259 e. The summed E-state index contributed by atoms with van der Waals surface area (Å²) in [6.07, 6.45) is 4.91. The zero-order chi connectivity index (χ0) is 18.1. The minimum Gasteiger partial charge on any atom is -0.493 e. The lowest BCUT2D eigenvalue weighted by Gasteiger charge is -2.18. The van der Waals surface area contributed by atoms with E-state index in [4.69, 9.17) is 9.47 Å². The van der Waals surface area contributed by atoms with Gasteiger partial charge >= 0.3 is 0 Å². The largest absolute Gasteiger partial charge is 0.493 e. The molecule has 0 atom stereocenters.